The summed E-state index contributed by atoms with van der Waals surface area (Å²) >= 11 is 4.19. The minimum absolute atomic E-state index is 0.163. The summed E-state index contributed by atoms with van der Waals surface area (Å²) in [7, 11) is 0. The van der Waals surface area contributed by atoms with Crippen LogP contribution in [0.15, 0.2) is 72.8 Å². The van der Waals surface area contributed by atoms with E-state index < -0.39 is 23.9 Å². The standard InChI is InChI=1S/C32H24O8S3/c33-27(34)13-17-5-1-3-7-21(17)25-11-19(15-29(37)38)31(42-25)23-9-10-24(41-23)32-20(16-30(39)40)12-26(43-32)22-8-4-2-6-18(22)14-28(35)36/h1-12H,13-16H2,(H,33,34)(H,35,36)(H,37,38)(H,39,40). The third-order valence-corrected chi connectivity index (χ3v) is 10.5. The fourth-order valence-corrected chi connectivity index (χ4v) is 8.64. The van der Waals surface area contributed by atoms with Gasteiger partial charge in [-0.15, -0.1) is 34.0 Å². The Morgan fingerprint density at radius 3 is 1.16 bits per heavy atom. The fourth-order valence-electron chi connectivity index (χ4n) is 4.87. The summed E-state index contributed by atoms with van der Waals surface area (Å²) in [5, 5.41) is 38.0. The van der Waals surface area contributed by atoms with Gasteiger partial charge in [0.05, 0.1) is 25.7 Å². The molecule has 11 heteroatoms. The summed E-state index contributed by atoms with van der Waals surface area (Å²) in [6, 6.07) is 21.7. The van der Waals surface area contributed by atoms with Crippen molar-refractivity contribution in [1.82, 2.24) is 0 Å². The molecule has 218 valence electrons. The Morgan fingerprint density at radius 2 is 0.791 bits per heavy atom. The van der Waals surface area contributed by atoms with Crippen molar-refractivity contribution in [2.45, 2.75) is 25.7 Å². The van der Waals surface area contributed by atoms with Gasteiger partial charge in [0.25, 0.3) is 0 Å². The molecule has 0 saturated carbocycles. The van der Waals surface area contributed by atoms with Gasteiger partial charge in [-0.25, -0.2) is 0 Å². The average Bonchev–Trinajstić information content (AvgIpc) is 3.67. The number of carboxylic acids is 4. The van der Waals surface area contributed by atoms with E-state index in [1.807, 2.05) is 36.4 Å². The average molecular weight is 633 g/mol. The third kappa shape index (κ3) is 6.91. The monoisotopic (exact) mass is 632 g/mol. The maximum absolute atomic E-state index is 11.8. The zero-order valence-corrected chi connectivity index (χ0v) is 24.9. The van der Waals surface area contributed by atoms with Crippen molar-refractivity contribution in [1.29, 1.82) is 0 Å². The van der Waals surface area contributed by atoms with E-state index in [9.17, 15) is 39.6 Å². The number of carbonyl (C=O) groups is 4. The molecule has 0 spiro atoms. The molecule has 0 bridgehead atoms. The Kier molecular flexibility index (Phi) is 8.86. The normalized spacial score (nSPS) is 11.0. The Morgan fingerprint density at radius 1 is 0.442 bits per heavy atom. The van der Waals surface area contributed by atoms with E-state index in [1.165, 1.54) is 34.0 Å². The number of carboxylic acid groups (broad SMARTS) is 4. The van der Waals surface area contributed by atoms with Gasteiger partial charge in [-0.1, -0.05) is 48.5 Å². The largest absolute Gasteiger partial charge is 0.481 e. The van der Waals surface area contributed by atoms with Gasteiger partial charge in [-0.2, -0.15) is 0 Å². The molecule has 5 rings (SSSR count). The van der Waals surface area contributed by atoms with Crippen LogP contribution in [0.4, 0.5) is 0 Å². The number of aliphatic carboxylic acids is 4. The molecule has 0 saturated heterocycles. The first kappa shape index (κ1) is 29.9. The van der Waals surface area contributed by atoms with Gasteiger partial charge < -0.3 is 20.4 Å². The van der Waals surface area contributed by atoms with Crippen molar-refractivity contribution >= 4 is 57.9 Å². The van der Waals surface area contributed by atoms with Crippen LogP contribution in [0.25, 0.3) is 40.4 Å². The van der Waals surface area contributed by atoms with Gasteiger partial charge in [0, 0.05) is 29.3 Å². The van der Waals surface area contributed by atoms with E-state index in [0.29, 0.717) is 22.3 Å². The molecule has 0 aliphatic heterocycles. The number of rotatable bonds is 12. The van der Waals surface area contributed by atoms with Crippen LogP contribution < -0.4 is 0 Å². The van der Waals surface area contributed by atoms with E-state index in [0.717, 1.165) is 40.4 Å². The molecule has 4 N–H and O–H groups in total. The smallest absolute Gasteiger partial charge is 0.307 e. The Bertz CT molecular complexity index is 1730. The van der Waals surface area contributed by atoms with E-state index in [-0.39, 0.29) is 25.7 Å². The topological polar surface area (TPSA) is 149 Å². The molecule has 3 heterocycles. The van der Waals surface area contributed by atoms with Crippen LogP contribution in [0.1, 0.15) is 22.3 Å². The lowest BCUT2D eigenvalue weighted by atomic mass is 10.0. The molecule has 0 aliphatic carbocycles. The molecule has 0 fully saturated rings. The molecule has 3 aromatic heterocycles. The molecule has 0 amide bonds. The summed E-state index contributed by atoms with van der Waals surface area (Å²) in [4.78, 5) is 51.0. The maximum atomic E-state index is 11.8. The lowest BCUT2D eigenvalue weighted by Crippen LogP contribution is -2.01. The molecular formula is C32H24O8S3. The summed E-state index contributed by atoms with van der Waals surface area (Å²) in [6.45, 7) is 0. The van der Waals surface area contributed by atoms with Crippen molar-refractivity contribution in [2.75, 3.05) is 0 Å². The highest BCUT2D eigenvalue weighted by molar-refractivity contribution is 7.28. The summed E-state index contributed by atoms with van der Waals surface area (Å²) in [5.41, 5.74) is 3.93. The number of hydrogen-bond donors (Lipinski definition) is 4. The lowest BCUT2D eigenvalue weighted by Gasteiger charge is -2.05. The van der Waals surface area contributed by atoms with Crippen molar-refractivity contribution in [3.8, 4) is 40.4 Å². The highest BCUT2D eigenvalue weighted by Gasteiger charge is 2.22. The van der Waals surface area contributed by atoms with Crippen LogP contribution >= 0.6 is 34.0 Å². The maximum Gasteiger partial charge on any atom is 0.307 e. The van der Waals surface area contributed by atoms with Gasteiger partial charge >= 0.3 is 23.9 Å². The number of hydrogen-bond acceptors (Lipinski definition) is 7. The van der Waals surface area contributed by atoms with Crippen LogP contribution in [0, 0.1) is 0 Å². The summed E-state index contributed by atoms with van der Waals surface area (Å²) in [6.07, 6.45) is -0.755. The second kappa shape index (κ2) is 12.7. The number of thiophene rings is 3. The van der Waals surface area contributed by atoms with Crippen LogP contribution in [0.3, 0.4) is 0 Å². The summed E-state index contributed by atoms with van der Waals surface area (Å²) in [5.74, 6) is -3.91. The van der Waals surface area contributed by atoms with E-state index in [1.54, 1.807) is 36.4 Å². The lowest BCUT2D eigenvalue weighted by molar-refractivity contribution is -0.137. The molecule has 0 radical (unpaired) electrons. The van der Waals surface area contributed by atoms with E-state index >= 15 is 0 Å². The van der Waals surface area contributed by atoms with Crippen LogP contribution in [-0.4, -0.2) is 44.3 Å². The van der Waals surface area contributed by atoms with Crippen molar-refractivity contribution in [3.63, 3.8) is 0 Å². The first-order chi connectivity index (χ1) is 20.6. The minimum atomic E-state index is -0.993. The highest BCUT2D eigenvalue weighted by atomic mass is 32.1. The van der Waals surface area contributed by atoms with Crippen molar-refractivity contribution in [2.24, 2.45) is 0 Å². The highest BCUT2D eigenvalue weighted by Crippen LogP contribution is 2.47. The third-order valence-electron chi connectivity index (χ3n) is 6.60. The molecule has 0 aliphatic rings. The van der Waals surface area contributed by atoms with Gasteiger partial charge in [0.2, 0.25) is 0 Å². The predicted molar refractivity (Wildman–Crippen MR) is 167 cm³/mol. The van der Waals surface area contributed by atoms with Crippen LogP contribution in [0.5, 0.6) is 0 Å². The Labute approximate surface area is 257 Å². The van der Waals surface area contributed by atoms with Crippen LogP contribution in [-0.2, 0) is 44.9 Å². The molecule has 8 nitrogen and oxygen atoms in total. The minimum Gasteiger partial charge on any atom is -0.481 e. The Balaban J connectivity index is 1.58. The molecule has 43 heavy (non-hydrogen) atoms. The van der Waals surface area contributed by atoms with E-state index in [4.69, 9.17) is 0 Å². The van der Waals surface area contributed by atoms with Gasteiger partial charge in [-0.3, -0.25) is 19.2 Å². The fraction of sp³-hybridized carbons (Fsp3) is 0.125. The zero-order valence-electron chi connectivity index (χ0n) is 22.4. The Hall–Kier alpha value is -4.58. The summed E-state index contributed by atoms with van der Waals surface area (Å²) < 4.78 is 0. The van der Waals surface area contributed by atoms with Gasteiger partial charge in [0.15, 0.2) is 0 Å². The molecule has 2 aromatic carbocycles. The SMILES string of the molecule is O=C(O)Cc1ccccc1-c1cc(CC(=O)O)c(-c2ccc(-c3sc(-c4ccccc4CC(=O)O)cc3CC(=O)O)s2)s1. The first-order valence-electron chi connectivity index (χ1n) is 13.0. The molecule has 0 atom stereocenters. The van der Waals surface area contributed by atoms with Crippen molar-refractivity contribution < 1.29 is 39.6 Å². The second-order valence-corrected chi connectivity index (χ2v) is 12.9. The molecule has 5 aromatic rings. The first-order valence-corrected chi connectivity index (χ1v) is 15.4. The number of benzene rings is 2. The van der Waals surface area contributed by atoms with Crippen molar-refractivity contribution in [3.05, 3.63) is 95.1 Å². The van der Waals surface area contributed by atoms with Crippen LogP contribution in [0.2, 0.25) is 0 Å². The van der Waals surface area contributed by atoms with E-state index in [2.05, 4.69) is 0 Å². The quantitative estimate of drug-likeness (QED) is 0.114. The molecule has 0 unspecified atom stereocenters. The van der Waals surface area contributed by atoms with Gasteiger partial charge in [-0.05, 0) is 57.6 Å². The molecular weight excluding hydrogens is 609 g/mol. The second-order valence-electron chi connectivity index (χ2n) is 9.69. The predicted octanol–water partition coefficient (Wildman–Crippen LogP) is 7.05. The van der Waals surface area contributed by atoms with Gasteiger partial charge in [0.1, 0.15) is 0 Å². The zero-order chi connectivity index (χ0) is 30.7.